The first kappa shape index (κ1) is 13.1. The van der Waals surface area contributed by atoms with Crippen molar-refractivity contribution in [1.29, 1.82) is 0 Å². The number of ether oxygens (including phenoxy) is 1. The summed E-state index contributed by atoms with van der Waals surface area (Å²) in [7, 11) is 0. The van der Waals surface area contributed by atoms with Gasteiger partial charge < -0.3 is 10.5 Å². The summed E-state index contributed by atoms with van der Waals surface area (Å²) >= 11 is 12.0. The van der Waals surface area contributed by atoms with E-state index in [0.29, 0.717) is 28.1 Å². The summed E-state index contributed by atoms with van der Waals surface area (Å²) in [4.78, 5) is 0. The lowest BCUT2D eigenvalue weighted by Gasteiger charge is -2.12. The van der Waals surface area contributed by atoms with E-state index in [4.69, 9.17) is 33.7 Å². The average molecular weight is 282 g/mol. The van der Waals surface area contributed by atoms with Gasteiger partial charge in [-0.25, -0.2) is 0 Å². The van der Waals surface area contributed by atoms with Gasteiger partial charge in [0.25, 0.3) is 0 Å². The number of anilines is 1. The van der Waals surface area contributed by atoms with Gasteiger partial charge >= 0.3 is 0 Å². The molecule has 0 aliphatic heterocycles. The topological polar surface area (TPSA) is 35.2 Å². The summed E-state index contributed by atoms with van der Waals surface area (Å²) < 4.78 is 5.72. The quantitative estimate of drug-likeness (QED) is 0.843. The predicted molar refractivity (Wildman–Crippen MR) is 76.4 cm³/mol. The highest BCUT2D eigenvalue weighted by Gasteiger charge is 2.06. The van der Waals surface area contributed by atoms with Gasteiger partial charge in [-0.3, -0.25) is 0 Å². The van der Waals surface area contributed by atoms with Gasteiger partial charge in [0.2, 0.25) is 0 Å². The van der Waals surface area contributed by atoms with E-state index in [-0.39, 0.29) is 0 Å². The molecule has 94 valence electrons. The molecule has 0 fully saturated rings. The molecule has 2 aromatic carbocycles. The second kappa shape index (κ2) is 5.51. The van der Waals surface area contributed by atoms with Crippen LogP contribution in [-0.4, -0.2) is 0 Å². The highest BCUT2D eigenvalue weighted by Crippen LogP contribution is 2.28. The molecule has 18 heavy (non-hydrogen) atoms. The molecule has 2 N–H and O–H groups in total. The number of para-hydroxylation sites is 1. The monoisotopic (exact) mass is 281 g/mol. The van der Waals surface area contributed by atoms with Crippen LogP contribution in [0.15, 0.2) is 36.4 Å². The number of hydrogen-bond donors (Lipinski definition) is 1. The van der Waals surface area contributed by atoms with Crippen molar-refractivity contribution in [3.8, 4) is 5.75 Å². The van der Waals surface area contributed by atoms with Crippen molar-refractivity contribution >= 4 is 28.9 Å². The van der Waals surface area contributed by atoms with E-state index in [2.05, 4.69) is 0 Å². The third-order valence-electron chi connectivity index (χ3n) is 2.62. The molecule has 0 aromatic heterocycles. The van der Waals surface area contributed by atoms with Crippen LogP contribution < -0.4 is 10.5 Å². The molecule has 0 bridgehead atoms. The Labute approximate surface area is 116 Å². The van der Waals surface area contributed by atoms with E-state index < -0.39 is 0 Å². The lowest BCUT2D eigenvalue weighted by molar-refractivity contribution is 0.306. The van der Waals surface area contributed by atoms with Crippen molar-refractivity contribution in [3.63, 3.8) is 0 Å². The van der Waals surface area contributed by atoms with Crippen LogP contribution in [-0.2, 0) is 6.61 Å². The third-order valence-corrected chi connectivity index (χ3v) is 3.23. The van der Waals surface area contributed by atoms with E-state index in [1.807, 2.05) is 25.1 Å². The standard InChI is InChI=1S/C14H13Cl2NO/c1-9-3-2-4-13(17)14(9)18-8-10-7-11(15)5-6-12(10)16/h2-7H,8,17H2,1H3. The van der Waals surface area contributed by atoms with Crippen LogP contribution in [0.3, 0.4) is 0 Å². The average Bonchev–Trinajstić information content (AvgIpc) is 2.33. The molecule has 2 rings (SSSR count). The summed E-state index contributed by atoms with van der Waals surface area (Å²) in [5, 5.41) is 1.27. The van der Waals surface area contributed by atoms with E-state index in [1.54, 1.807) is 18.2 Å². The van der Waals surface area contributed by atoms with Crippen molar-refractivity contribution < 1.29 is 4.74 Å². The van der Waals surface area contributed by atoms with Crippen molar-refractivity contribution in [2.24, 2.45) is 0 Å². The van der Waals surface area contributed by atoms with Gasteiger partial charge in [-0.2, -0.15) is 0 Å². The SMILES string of the molecule is Cc1cccc(N)c1OCc1cc(Cl)ccc1Cl. The molecule has 2 aromatic rings. The number of hydrogen-bond acceptors (Lipinski definition) is 2. The Morgan fingerprint density at radius 2 is 1.94 bits per heavy atom. The predicted octanol–water partition coefficient (Wildman–Crippen LogP) is 4.46. The van der Waals surface area contributed by atoms with Crippen LogP contribution in [0.1, 0.15) is 11.1 Å². The second-order valence-corrected chi connectivity index (χ2v) is 4.86. The maximum absolute atomic E-state index is 6.07. The first-order chi connectivity index (χ1) is 8.58. The fourth-order valence-corrected chi connectivity index (χ4v) is 2.04. The molecular formula is C14H13Cl2NO. The molecule has 0 unspecified atom stereocenters. The van der Waals surface area contributed by atoms with Crippen LogP contribution in [0.2, 0.25) is 10.0 Å². The van der Waals surface area contributed by atoms with Crippen LogP contribution in [0, 0.1) is 6.92 Å². The highest BCUT2D eigenvalue weighted by molar-refractivity contribution is 6.33. The Balaban J connectivity index is 2.19. The number of halogens is 2. The Kier molecular flexibility index (Phi) is 4.00. The smallest absolute Gasteiger partial charge is 0.145 e. The first-order valence-electron chi connectivity index (χ1n) is 5.50. The number of nitrogen functional groups attached to an aromatic ring is 1. The van der Waals surface area contributed by atoms with Crippen LogP contribution in [0.25, 0.3) is 0 Å². The molecule has 0 aliphatic rings. The number of benzene rings is 2. The molecule has 0 heterocycles. The molecule has 0 atom stereocenters. The fourth-order valence-electron chi connectivity index (χ4n) is 1.68. The largest absolute Gasteiger partial charge is 0.486 e. The molecule has 0 amide bonds. The first-order valence-corrected chi connectivity index (χ1v) is 6.25. The summed E-state index contributed by atoms with van der Waals surface area (Å²) in [5.41, 5.74) is 8.32. The molecular weight excluding hydrogens is 269 g/mol. The van der Waals surface area contributed by atoms with Gasteiger partial charge in [0, 0.05) is 15.6 Å². The second-order valence-electron chi connectivity index (χ2n) is 4.02. The minimum atomic E-state index is 0.342. The molecule has 0 aliphatic carbocycles. The molecule has 0 saturated heterocycles. The van der Waals surface area contributed by atoms with E-state index >= 15 is 0 Å². The zero-order chi connectivity index (χ0) is 13.1. The highest BCUT2D eigenvalue weighted by atomic mass is 35.5. The van der Waals surface area contributed by atoms with Gasteiger partial charge in [-0.15, -0.1) is 0 Å². The maximum Gasteiger partial charge on any atom is 0.145 e. The molecule has 0 spiro atoms. The van der Waals surface area contributed by atoms with Crippen LogP contribution in [0.5, 0.6) is 5.75 Å². The summed E-state index contributed by atoms with van der Waals surface area (Å²) in [6.45, 7) is 2.29. The van der Waals surface area contributed by atoms with Crippen molar-refractivity contribution in [1.82, 2.24) is 0 Å². The number of aryl methyl sites for hydroxylation is 1. The van der Waals surface area contributed by atoms with E-state index in [9.17, 15) is 0 Å². The zero-order valence-corrected chi connectivity index (χ0v) is 11.4. The minimum Gasteiger partial charge on any atom is -0.486 e. The maximum atomic E-state index is 6.07. The van der Waals surface area contributed by atoms with Crippen LogP contribution >= 0.6 is 23.2 Å². The minimum absolute atomic E-state index is 0.342. The molecule has 0 radical (unpaired) electrons. The lowest BCUT2D eigenvalue weighted by atomic mass is 10.2. The Hall–Kier alpha value is -1.38. The van der Waals surface area contributed by atoms with Gasteiger partial charge in [0.05, 0.1) is 5.69 Å². The van der Waals surface area contributed by atoms with Crippen molar-refractivity contribution in [2.45, 2.75) is 13.5 Å². The van der Waals surface area contributed by atoms with Gasteiger partial charge in [0.15, 0.2) is 0 Å². The van der Waals surface area contributed by atoms with Crippen molar-refractivity contribution in [2.75, 3.05) is 5.73 Å². The van der Waals surface area contributed by atoms with Gasteiger partial charge in [-0.05, 0) is 36.8 Å². The fraction of sp³-hybridized carbons (Fsp3) is 0.143. The van der Waals surface area contributed by atoms with E-state index in [1.165, 1.54) is 0 Å². The van der Waals surface area contributed by atoms with E-state index in [0.717, 1.165) is 11.1 Å². The number of rotatable bonds is 3. The molecule has 2 nitrogen and oxygen atoms in total. The van der Waals surface area contributed by atoms with Gasteiger partial charge in [0.1, 0.15) is 12.4 Å². The van der Waals surface area contributed by atoms with Gasteiger partial charge in [-0.1, -0.05) is 35.3 Å². The molecule has 4 heteroatoms. The van der Waals surface area contributed by atoms with Crippen molar-refractivity contribution in [3.05, 3.63) is 57.6 Å². The summed E-state index contributed by atoms with van der Waals surface area (Å²) in [5.74, 6) is 0.688. The Morgan fingerprint density at radius 3 is 2.67 bits per heavy atom. The van der Waals surface area contributed by atoms with Crippen LogP contribution in [0.4, 0.5) is 5.69 Å². The summed E-state index contributed by atoms with van der Waals surface area (Å²) in [6, 6.07) is 10.9. The zero-order valence-electron chi connectivity index (χ0n) is 9.91. The Morgan fingerprint density at radius 1 is 1.17 bits per heavy atom. The molecule has 0 saturated carbocycles. The summed E-state index contributed by atoms with van der Waals surface area (Å²) in [6.07, 6.45) is 0. The number of nitrogens with two attached hydrogens (primary N) is 1. The third kappa shape index (κ3) is 2.89. The lowest BCUT2D eigenvalue weighted by Crippen LogP contribution is -2.01. The normalized spacial score (nSPS) is 10.4. The Bertz CT molecular complexity index is 549.